The lowest BCUT2D eigenvalue weighted by atomic mass is 9.87. The van der Waals surface area contributed by atoms with E-state index in [-0.39, 0.29) is 5.78 Å². The van der Waals surface area contributed by atoms with Crippen molar-refractivity contribution >= 4 is 15.2 Å². The molecule has 0 aromatic heterocycles. The van der Waals surface area contributed by atoms with E-state index >= 15 is 0 Å². The van der Waals surface area contributed by atoms with Crippen molar-refractivity contribution < 1.29 is 13.8 Å². The number of carbonyl (C=O) groups excluding carboxylic acids is 1. The molecule has 45 heavy (non-hydrogen) atoms. The molecular weight excluding hydrogens is 569 g/mol. The van der Waals surface area contributed by atoms with Gasteiger partial charge in [0.15, 0.2) is 5.78 Å². The van der Waals surface area contributed by atoms with Crippen molar-refractivity contribution in [3.63, 3.8) is 0 Å². The molecular formula is C41H76NO2P. The predicted octanol–water partition coefficient (Wildman–Crippen LogP) is 13.1. The van der Waals surface area contributed by atoms with E-state index in [4.69, 9.17) is 4.52 Å². The van der Waals surface area contributed by atoms with Gasteiger partial charge in [-0.15, -0.1) is 0 Å². The van der Waals surface area contributed by atoms with Crippen molar-refractivity contribution in [2.75, 3.05) is 27.7 Å². The van der Waals surface area contributed by atoms with E-state index in [0.29, 0.717) is 17.4 Å². The van der Waals surface area contributed by atoms with Gasteiger partial charge in [0.25, 0.3) is 0 Å². The highest BCUT2D eigenvalue weighted by Gasteiger charge is 2.39. The lowest BCUT2D eigenvalue weighted by Crippen LogP contribution is -2.54. The topological polar surface area (TPSA) is 26.3 Å². The molecule has 0 aliphatic carbocycles. The summed E-state index contributed by atoms with van der Waals surface area (Å²) >= 11 is 0. The van der Waals surface area contributed by atoms with E-state index in [0.717, 1.165) is 57.8 Å². The molecule has 0 aliphatic rings. The summed E-state index contributed by atoms with van der Waals surface area (Å²) in [5, 5.41) is 0. The molecule has 4 heteroatoms. The van der Waals surface area contributed by atoms with Crippen molar-refractivity contribution in [3.05, 3.63) is 48.6 Å². The highest BCUT2D eigenvalue weighted by atomic mass is 31.0. The SMILES string of the molecule is CCCCC/C=C\C/C=C\C/C=C\C/C=C\CCCCC(C[N+](C)(C)C)(O[PH-])C(=O)CCCCCCCCCCCCCCC. The zero-order valence-electron chi connectivity index (χ0n) is 30.8. The Morgan fingerprint density at radius 3 is 1.36 bits per heavy atom. The molecule has 0 aliphatic heterocycles. The van der Waals surface area contributed by atoms with Gasteiger partial charge in [-0.3, -0.25) is 4.79 Å². The number of rotatable bonds is 33. The van der Waals surface area contributed by atoms with Crippen LogP contribution >= 0.6 is 9.47 Å². The van der Waals surface area contributed by atoms with E-state index in [1.54, 1.807) is 0 Å². The second-order valence-corrected chi connectivity index (χ2v) is 14.5. The van der Waals surface area contributed by atoms with Gasteiger partial charge in [0.1, 0.15) is 12.1 Å². The van der Waals surface area contributed by atoms with Gasteiger partial charge in [-0.1, -0.05) is 152 Å². The number of allylic oxidation sites excluding steroid dienone is 8. The number of Topliss-reactive ketones (excluding diaryl/α,β-unsaturated/α-hetero) is 1. The molecule has 0 amide bonds. The zero-order chi connectivity index (χ0) is 33.3. The number of likely N-dealkylation sites (N-methyl/N-ethyl adjacent to an activating group) is 1. The second kappa shape index (κ2) is 31.6. The van der Waals surface area contributed by atoms with Crippen LogP contribution in [0.15, 0.2) is 48.6 Å². The fourth-order valence-corrected chi connectivity index (χ4v) is 6.26. The Bertz CT molecular complexity index is 779. The first-order chi connectivity index (χ1) is 21.8. The summed E-state index contributed by atoms with van der Waals surface area (Å²) in [6, 6.07) is 0. The molecule has 0 spiro atoms. The monoisotopic (exact) mass is 646 g/mol. The van der Waals surface area contributed by atoms with Crippen LogP contribution in [0.3, 0.4) is 0 Å². The maximum absolute atomic E-state index is 13.5. The molecule has 0 saturated carbocycles. The number of quaternary nitrogens is 1. The third kappa shape index (κ3) is 28.9. The number of unbranched alkanes of at least 4 members (excludes halogenated alkanes) is 17. The van der Waals surface area contributed by atoms with E-state index in [1.165, 1.54) is 96.3 Å². The molecule has 1 atom stereocenters. The van der Waals surface area contributed by atoms with Crippen LogP contribution in [0, 0.1) is 0 Å². The van der Waals surface area contributed by atoms with Gasteiger partial charge in [-0.05, 0) is 64.2 Å². The molecule has 262 valence electrons. The highest BCUT2D eigenvalue weighted by molar-refractivity contribution is 7.10. The third-order valence-electron chi connectivity index (χ3n) is 8.60. The van der Waals surface area contributed by atoms with E-state index in [1.807, 2.05) is 0 Å². The summed E-state index contributed by atoms with van der Waals surface area (Å²) in [6.07, 6.45) is 48.0. The van der Waals surface area contributed by atoms with E-state index < -0.39 is 5.60 Å². The van der Waals surface area contributed by atoms with Crippen molar-refractivity contribution in [2.45, 2.75) is 180 Å². The molecule has 0 rings (SSSR count). The predicted molar refractivity (Wildman–Crippen MR) is 203 cm³/mol. The van der Waals surface area contributed by atoms with Gasteiger partial charge in [0.05, 0.1) is 21.1 Å². The smallest absolute Gasteiger partial charge is 0.167 e. The van der Waals surface area contributed by atoms with E-state index in [9.17, 15) is 4.79 Å². The first kappa shape index (κ1) is 44.0. The number of ketones is 1. The maximum Gasteiger partial charge on any atom is 0.167 e. The fraction of sp³-hybridized carbons (Fsp3) is 0.780. The average molecular weight is 646 g/mol. The molecule has 1 unspecified atom stereocenters. The van der Waals surface area contributed by atoms with Crippen molar-refractivity contribution in [1.82, 2.24) is 0 Å². The summed E-state index contributed by atoms with van der Waals surface area (Å²) in [4.78, 5) is 13.5. The molecule has 0 fully saturated rings. The third-order valence-corrected chi connectivity index (χ3v) is 8.99. The normalized spacial score (nSPS) is 14.1. The van der Waals surface area contributed by atoms with Gasteiger partial charge in [-0.2, -0.15) is 0 Å². The summed E-state index contributed by atoms with van der Waals surface area (Å²) in [6.45, 7) is 5.23. The van der Waals surface area contributed by atoms with Crippen LogP contribution in [0.2, 0.25) is 0 Å². The summed E-state index contributed by atoms with van der Waals surface area (Å²) in [5.41, 5.74) is -0.739. The lowest BCUT2D eigenvalue weighted by Gasteiger charge is -2.41. The lowest BCUT2D eigenvalue weighted by molar-refractivity contribution is -0.875. The molecule has 0 aromatic carbocycles. The van der Waals surface area contributed by atoms with Gasteiger partial charge in [-0.25, -0.2) is 0 Å². The molecule has 3 nitrogen and oxygen atoms in total. The number of nitrogens with zero attached hydrogens (tertiary/aromatic N) is 1. The van der Waals surface area contributed by atoms with Gasteiger partial charge in [0.2, 0.25) is 0 Å². The van der Waals surface area contributed by atoms with Gasteiger partial charge in [0, 0.05) is 6.42 Å². The minimum Gasteiger partial charge on any atom is -0.547 e. The van der Waals surface area contributed by atoms with Crippen LogP contribution in [-0.4, -0.2) is 43.6 Å². The molecule has 0 bridgehead atoms. The Kier molecular flexibility index (Phi) is 30.9. The summed E-state index contributed by atoms with van der Waals surface area (Å²) in [5.74, 6) is 0.270. The van der Waals surface area contributed by atoms with Crippen LogP contribution in [-0.2, 0) is 9.32 Å². The number of hydrogen-bond donors (Lipinski definition) is 0. The standard InChI is InChI=1S/C41H76NO2P/c1-6-8-10-12-14-16-18-20-21-22-23-24-26-28-30-32-34-36-38-41(44-45,39-42(3,4)5)40(43)37-35-33-31-29-27-25-19-17-15-13-11-9-7-2/h14,16,20-21,23-24,28,30,45H,6-13,15,17-19,22,25-27,29,31-39H2,1-5H3/b16-14-,21-20-,24-23-,30-28-. The van der Waals surface area contributed by atoms with Crippen LogP contribution < -0.4 is 0 Å². The summed E-state index contributed by atoms with van der Waals surface area (Å²) in [7, 11) is 9.81. The molecule has 0 radical (unpaired) electrons. The van der Waals surface area contributed by atoms with Crippen molar-refractivity contribution in [2.24, 2.45) is 0 Å². The molecule has 0 aromatic rings. The minimum absolute atomic E-state index is 0.270. The highest BCUT2D eigenvalue weighted by Crippen LogP contribution is 2.29. The Morgan fingerprint density at radius 1 is 0.556 bits per heavy atom. The Balaban J connectivity index is 4.22. The zero-order valence-corrected chi connectivity index (χ0v) is 31.8. The molecule has 0 heterocycles. The van der Waals surface area contributed by atoms with Crippen LogP contribution in [0.4, 0.5) is 0 Å². The van der Waals surface area contributed by atoms with Gasteiger partial charge < -0.3 is 18.5 Å². The number of carbonyl (C=O) groups is 1. The number of hydrogen-bond acceptors (Lipinski definition) is 2. The molecule has 0 saturated heterocycles. The molecule has 0 N–H and O–H groups in total. The van der Waals surface area contributed by atoms with Crippen molar-refractivity contribution in [3.8, 4) is 0 Å². The second-order valence-electron chi connectivity index (χ2n) is 14.3. The first-order valence-electron chi connectivity index (χ1n) is 19.1. The average Bonchev–Trinajstić information content (AvgIpc) is 3.01. The Labute approximate surface area is 284 Å². The van der Waals surface area contributed by atoms with Crippen LogP contribution in [0.1, 0.15) is 174 Å². The van der Waals surface area contributed by atoms with Crippen molar-refractivity contribution in [1.29, 1.82) is 0 Å². The van der Waals surface area contributed by atoms with Crippen LogP contribution in [0.25, 0.3) is 0 Å². The maximum atomic E-state index is 13.5. The fourth-order valence-electron chi connectivity index (χ4n) is 5.98. The van der Waals surface area contributed by atoms with Crippen LogP contribution in [0.5, 0.6) is 0 Å². The quantitative estimate of drug-likeness (QED) is 0.0307. The van der Waals surface area contributed by atoms with Gasteiger partial charge >= 0.3 is 0 Å². The largest absolute Gasteiger partial charge is 0.547 e. The summed E-state index contributed by atoms with van der Waals surface area (Å²) < 4.78 is 6.59. The Morgan fingerprint density at radius 2 is 0.933 bits per heavy atom. The van der Waals surface area contributed by atoms with E-state index in [2.05, 4.69) is 93.1 Å². The Hall–Kier alpha value is -1.02. The minimum atomic E-state index is -0.739. The first-order valence-corrected chi connectivity index (χ1v) is 19.5.